The van der Waals surface area contributed by atoms with Gasteiger partial charge >= 0.3 is 0 Å². The molecule has 0 atom stereocenters. The first kappa shape index (κ1) is 11.2. The average molecular weight is 258 g/mol. The molecule has 0 saturated carbocycles. The van der Waals surface area contributed by atoms with E-state index in [4.69, 9.17) is 0 Å². The van der Waals surface area contributed by atoms with E-state index < -0.39 is 0 Å². The Balaban J connectivity index is 1.83. The Hall–Kier alpha value is -1.88. The van der Waals surface area contributed by atoms with Gasteiger partial charge in [-0.15, -0.1) is 16.4 Å². The van der Waals surface area contributed by atoms with Gasteiger partial charge in [0, 0.05) is 10.6 Å². The van der Waals surface area contributed by atoms with Gasteiger partial charge in [-0.1, -0.05) is 6.07 Å². The molecule has 0 spiro atoms. The number of aryl methyl sites for hydroxylation is 2. The summed E-state index contributed by atoms with van der Waals surface area (Å²) in [5.41, 5.74) is 3.27. The standard InChI is InChI=1S/C13H14N4S/c1-9-6-7-18-11(9)8-14-13-15-12-5-3-4-10(2)17(12)16-13/h3-7H,8H2,1-2H3,(H,14,16). The molecule has 3 aromatic rings. The summed E-state index contributed by atoms with van der Waals surface area (Å²) in [5, 5.41) is 9.82. The Morgan fingerprint density at radius 1 is 1.28 bits per heavy atom. The maximum Gasteiger partial charge on any atom is 0.243 e. The number of thiophene rings is 1. The summed E-state index contributed by atoms with van der Waals surface area (Å²) in [4.78, 5) is 5.77. The van der Waals surface area contributed by atoms with Crippen LogP contribution in [0.4, 0.5) is 5.95 Å². The number of pyridine rings is 1. The van der Waals surface area contributed by atoms with Crippen LogP contribution in [0.2, 0.25) is 0 Å². The molecule has 0 fully saturated rings. The van der Waals surface area contributed by atoms with Gasteiger partial charge in [-0.2, -0.15) is 4.98 Å². The maximum absolute atomic E-state index is 4.45. The highest BCUT2D eigenvalue weighted by Crippen LogP contribution is 2.17. The molecule has 0 unspecified atom stereocenters. The van der Waals surface area contributed by atoms with Gasteiger partial charge in [-0.3, -0.25) is 0 Å². The molecule has 0 bridgehead atoms. The molecule has 0 radical (unpaired) electrons. The van der Waals surface area contributed by atoms with E-state index in [-0.39, 0.29) is 0 Å². The molecule has 3 rings (SSSR count). The molecule has 3 aromatic heterocycles. The first-order valence-corrected chi connectivity index (χ1v) is 6.71. The lowest BCUT2D eigenvalue weighted by Crippen LogP contribution is -2.01. The Morgan fingerprint density at radius 2 is 2.17 bits per heavy atom. The third-order valence-corrected chi connectivity index (χ3v) is 3.95. The molecule has 4 nitrogen and oxygen atoms in total. The maximum atomic E-state index is 4.45. The summed E-state index contributed by atoms with van der Waals surface area (Å²) in [7, 11) is 0. The zero-order chi connectivity index (χ0) is 12.5. The van der Waals surface area contributed by atoms with Gasteiger partial charge < -0.3 is 5.32 Å². The van der Waals surface area contributed by atoms with E-state index in [1.165, 1.54) is 10.4 Å². The number of hydrogen-bond donors (Lipinski definition) is 1. The molecular weight excluding hydrogens is 244 g/mol. The molecule has 0 aliphatic carbocycles. The molecule has 0 aliphatic rings. The van der Waals surface area contributed by atoms with Crippen molar-refractivity contribution in [2.75, 3.05) is 5.32 Å². The van der Waals surface area contributed by atoms with E-state index >= 15 is 0 Å². The lowest BCUT2D eigenvalue weighted by molar-refractivity contribution is 0.910. The van der Waals surface area contributed by atoms with E-state index in [2.05, 4.69) is 33.8 Å². The molecule has 0 saturated heterocycles. The molecule has 5 heteroatoms. The fourth-order valence-electron chi connectivity index (χ4n) is 1.86. The normalized spacial score (nSPS) is 11.0. The van der Waals surface area contributed by atoms with Crippen molar-refractivity contribution >= 4 is 22.9 Å². The van der Waals surface area contributed by atoms with Crippen LogP contribution in [-0.2, 0) is 6.54 Å². The lowest BCUT2D eigenvalue weighted by atomic mass is 10.3. The fraction of sp³-hybridized carbons (Fsp3) is 0.231. The number of rotatable bonds is 3. The molecule has 92 valence electrons. The highest BCUT2D eigenvalue weighted by atomic mass is 32.1. The third kappa shape index (κ3) is 1.97. The largest absolute Gasteiger partial charge is 0.348 e. The van der Waals surface area contributed by atoms with Crippen LogP contribution in [0.5, 0.6) is 0 Å². The predicted molar refractivity (Wildman–Crippen MR) is 74.1 cm³/mol. The van der Waals surface area contributed by atoms with Crippen LogP contribution in [0.15, 0.2) is 29.6 Å². The molecule has 3 heterocycles. The highest BCUT2D eigenvalue weighted by molar-refractivity contribution is 7.10. The zero-order valence-corrected chi connectivity index (χ0v) is 11.2. The van der Waals surface area contributed by atoms with Crippen molar-refractivity contribution < 1.29 is 0 Å². The van der Waals surface area contributed by atoms with Crippen LogP contribution in [0, 0.1) is 13.8 Å². The number of hydrogen-bond acceptors (Lipinski definition) is 4. The molecule has 1 N–H and O–H groups in total. The van der Waals surface area contributed by atoms with Crippen molar-refractivity contribution in [3.05, 3.63) is 45.8 Å². The van der Waals surface area contributed by atoms with Crippen LogP contribution in [0.1, 0.15) is 16.1 Å². The Labute approximate surface area is 109 Å². The average Bonchev–Trinajstić information content (AvgIpc) is 2.93. The Morgan fingerprint density at radius 3 is 2.89 bits per heavy atom. The fourth-order valence-corrected chi connectivity index (χ4v) is 2.70. The lowest BCUT2D eigenvalue weighted by Gasteiger charge is -2.00. The van der Waals surface area contributed by atoms with Crippen molar-refractivity contribution in [1.29, 1.82) is 0 Å². The van der Waals surface area contributed by atoms with Gasteiger partial charge in [-0.05, 0) is 43.0 Å². The number of aromatic nitrogens is 3. The number of nitrogens with one attached hydrogen (secondary N) is 1. The van der Waals surface area contributed by atoms with Crippen molar-refractivity contribution in [3.63, 3.8) is 0 Å². The topological polar surface area (TPSA) is 42.2 Å². The Kier molecular flexibility index (Phi) is 2.76. The number of nitrogens with zero attached hydrogens (tertiary/aromatic N) is 3. The monoisotopic (exact) mass is 258 g/mol. The van der Waals surface area contributed by atoms with Crippen molar-refractivity contribution in [3.8, 4) is 0 Å². The smallest absolute Gasteiger partial charge is 0.243 e. The van der Waals surface area contributed by atoms with Crippen LogP contribution in [0.25, 0.3) is 5.65 Å². The van der Waals surface area contributed by atoms with Crippen LogP contribution < -0.4 is 5.32 Å². The highest BCUT2D eigenvalue weighted by Gasteiger charge is 2.05. The minimum absolute atomic E-state index is 0.678. The quantitative estimate of drug-likeness (QED) is 0.785. The van der Waals surface area contributed by atoms with Crippen LogP contribution >= 0.6 is 11.3 Å². The van der Waals surface area contributed by atoms with Gasteiger partial charge in [0.05, 0.1) is 6.54 Å². The van der Waals surface area contributed by atoms with Gasteiger partial charge in [0.15, 0.2) is 5.65 Å². The minimum atomic E-state index is 0.678. The Bertz CT molecular complexity index is 683. The van der Waals surface area contributed by atoms with Crippen molar-refractivity contribution in [2.24, 2.45) is 0 Å². The van der Waals surface area contributed by atoms with E-state index in [9.17, 15) is 0 Å². The summed E-state index contributed by atoms with van der Waals surface area (Å²) in [6.45, 7) is 4.92. The van der Waals surface area contributed by atoms with E-state index in [0.29, 0.717) is 5.95 Å². The second kappa shape index (κ2) is 4.42. The summed E-state index contributed by atoms with van der Waals surface area (Å²) in [6, 6.07) is 8.10. The minimum Gasteiger partial charge on any atom is -0.348 e. The van der Waals surface area contributed by atoms with E-state index in [0.717, 1.165) is 17.9 Å². The molecule has 0 amide bonds. The van der Waals surface area contributed by atoms with Gasteiger partial charge in [0.1, 0.15) is 0 Å². The number of fused-ring (bicyclic) bond motifs is 1. The first-order chi connectivity index (χ1) is 8.74. The van der Waals surface area contributed by atoms with Crippen molar-refractivity contribution in [1.82, 2.24) is 14.6 Å². The number of anilines is 1. The van der Waals surface area contributed by atoms with Crippen LogP contribution in [-0.4, -0.2) is 14.6 Å². The summed E-state index contributed by atoms with van der Waals surface area (Å²) in [6.07, 6.45) is 0. The van der Waals surface area contributed by atoms with Gasteiger partial charge in [0.25, 0.3) is 0 Å². The molecular formula is C13H14N4S. The predicted octanol–water partition coefficient (Wildman–Crippen LogP) is 3.02. The molecule has 0 aliphatic heterocycles. The zero-order valence-electron chi connectivity index (χ0n) is 10.3. The van der Waals surface area contributed by atoms with E-state index in [1.54, 1.807) is 11.3 Å². The summed E-state index contributed by atoms with van der Waals surface area (Å²) in [5.74, 6) is 0.678. The second-order valence-corrected chi connectivity index (χ2v) is 5.25. The van der Waals surface area contributed by atoms with E-state index in [1.807, 2.05) is 29.6 Å². The summed E-state index contributed by atoms with van der Waals surface area (Å²) < 4.78 is 1.85. The summed E-state index contributed by atoms with van der Waals surface area (Å²) >= 11 is 1.75. The second-order valence-electron chi connectivity index (χ2n) is 4.25. The van der Waals surface area contributed by atoms with Gasteiger partial charge in [0.2, 0.25) is 5.95 Å². The SMILES string of the molecule is Cc1ccsc1CNc1nc2cccc(C)n2n1. The first-order valence-electron chi connectivity index (χ1n) is 5.83. The van der Waals surface area contributed by atoms with Crippen LogP contribution in [0.3, 0.4) is 0 Å². The van der Waals surface area contributed by atoms with Gasteiger partial charge in [-0.25, -0.2) is 4.52 Å². The van der Waals surface area contributed by atoms with Crippen molar-refractivity contribution in [2.45, 2.75) is 20.4 Å². The molecule has 0 aromatic carbocycles. The third-order valence-electron chi connectivity index (χ3n) is 2.92. The molecule has 18 heavy (non-hydrogen) atoms.